The van der Waals surface area contributed by atoms with Crippen molar-refractivity contribution in [2.45, 2.75) is 13.0 Å². The van der Waals surface area contributed by atoms with E-state index in [9.17, 15) is 4.39 Å². The van der Waals surface area contributed by atoms with Crippen molar-refractivity contribution < 1.29 is 9.13 Å². The second-order valence-electron chi connectivity index (χ2n) is 4.49. The zero-order valence-corrected chi connectivity index (χ0v) is 12.0. The molecule has 5 heteroatoms. The minimum Gasteiger partial charge on any atom is -0.496 e. The second-order valence-corrected chi connectivity index (χ2v) is 4.92. The third kappa shape index (κ3) is 2.93. The first-order valence-corrected chi connectivity index (χ1v) is 6.50. The van der Waals surface area contributed by atoms with Crippen molar-refractivity contribution in [1.82, 2.24) is 5.43 Å². The van der Waals surface area contributed by atoms with Crippen LogP contribution < -0.4 is 16.0 Å². The molecular weight excluding hydrogens is 279 g/mol. The fourth-order valence-corrected chi connectivity index (χ4v) is 2.38. The number of nitrogens with two attached hydrogens (primary N) is 1. The van der Waals surface area contributed by atoms with Crippen LogP contribution in [0.4, 0.5) is 4.39 Å². The van der Waals surface area contributed by atoms with Crippen LogP contribution in [0.1, 0.15) is 22.7 Å². The van der Waals surface area contributed by atoms with E-state index in [1.807, 2.05) is 6.92 Å². The smallest absolute Gasteiger partial charge is 0.124 e. The highest BCUT2D eigenvalue weighted by Gasteiger charge is 2.19. The van der Waals surface area contributed by atoms with E-state index in [0.717, 1.165) is 16.7 Å². The molecule has 3 nitrogen and oxygen atoms in total. The molecule has 0 aliphatic heterocycles. The molecule has 0 aliphatic rings. The van der Waals surface area contributed by atoms with E-state index in [4.69, 9.17) is 22.2 Å². The molecule has 0 radical (unpaired) electrons. The van der Waals surface area contributed by atoms with E-state index in [-0.39, 0.29) is 5.82 Å². The van der Waals surface area contributed by atoms with E-state index in [1.165, 1.54) is 12.1 Å². The molecule has 0 heterocycles. The highest BCUT2D eigenvalue weighted by atomic mass is 35.5. The Hall–Kier alpha value is -1.62. The highest BCUT2D eigenvalue weighted by molar-refractivity contribution is 6.30. The number of hydrogen-bond donors (Lipinski definition) is 2. The number of halogens is 2. The summed E-state index contributed by atoms with van der Waals surface area (Å²) in [6.45, 7) is 1.90. The van der Waals surface area contributed by atoms with Gasteiger partial charge in [0.25, 0.3) is 0 Å². The summed E-state index contributed by atoms with van der Waals surface area (Å²) in [4.78, 5) is 0. The first-order chi connectivity index (χ1) is 9.56. The van der Waals surface area contributed by atoms with Crippen LogP contribution in [0.5, 0.6) is 5.75 Å². The van der Waals surface area contributed by atoms with Gasteiger partial charge >= 0.3 is 0 Å². The number of hydrazine groups is 1. The molecule has 2 aromatic carbocycles. The van der Waals surface area contributed by atoms with Gasteiger partial charge in [-0.2, -0.15) is 0 Å². The average Bonchev–Trinajstić information content (AvgIpc) is 2.44. The lowest BCUT2D eigenvalue weighted by molar-refractivity contribution is 0.404. The van der Waals surface area contributed by atoms with Crippen molar-refractivity contribution in [3.05, 3.63) is 63.9 Å². The molecule has 2 rings (SSSR count). The zero-order chi connectivity index (χ0) is 14.7. The Balaban J connectivity index is 2.57. The number of aryl methyl sites for hydroxylation is 1. The van der Waals surface area contributed by atoms with E-state index < -0.39 is 6.04 Å². The lowest BCUT2D eigenvalue weighted by atomic mass is 9.94. The number of methoxy groups -OCH3 is 1. The normalized spacial score (nSPS) is 12.2. The fourth-order valence-electron chi connectivity index (χ4n) is 2.20. The summed E-state index contributed by atoms with van der Waals surface area (Å²) < 4.78 is 18.8. The van der Waals surface area contributed by atoms with Crippen LogP contribution in [-0.2, 0) is 0 Å². The lowest BCUT2D eigenvalue weighted by Gasteiger charge is -2.21. The Kier molecular flexibility index (Phi) is 4.60. The zero-order valence-electron chi connectivity index (χ0n) is 11.3. The standard InChI is InChI=1S/C15H16ClFN2O/c1-9-3-5-11(17)8-12(9)15(19-18)13-7-10(16)4-6-14(13)20-2/h3-8,15,19H,18H2,1-2H3. The molecule has 2 aromatic rings. The van der Waals surface area contributed by atoms with Gasteiger partial charge < -0.3 is 4.74 Å². The SMILES string of the molecule is COc1ccc(Cl)cc1C(NN)c1cc(F)ccc1C. The molecule has 106 valence electrons. The minimum absolute atomic E-state index is 0.313. The van der Waals surface area contributed by atoms with Gasteiger partial charge in [-0.3, -0.25) is 5.84 Å². The minimum atomic E-state index is -0.403. The van der Waals surface area contributed by atoms with Crippen LogP contribution in [0.3, 0.4) is 0 Å². The molecule has 0 spiro atoms. The van der Waals surface area contributed by atoms with Crippen molar-refractivity contribution in [3.8, 4) is 5.75 Å². The maximum Gasteiger partial charge on any atom is 0.124 e. The van der Waals surface area contributed by atoms with E-state index in [0.29, 0.717) is 10.8 Å². The van der Waals surface area contributed by atoms with Crippen LogP contribution in [-0.4, -0.2) is 7.11 Å². The summed E-state index contributed by atoms with van der Waals surface area (Å²) in [6.07, 6.45) is 0. The van der Waals surface area contributed by atoms with Crippen molar-refractivity contribution >= 4 is 11.6 Å². The first kappa shape index (κ1) is 14.8. The quantitative estimate of drug-likeness (QED) is 0.671. The average molecular weight is 295 g/mol. The summed E-state index contributed by atoms with van der Waals surface area (Å²) in [5, 5.41) is 0.565. The van der Waals surface area contributed by atoms with E-state index >= 15 is 0 Å². The second kappa shape index (κ2) is 6.22. The summed E-state index contributed by atoms with van der Waals surface area (Å²) >= 11 is 6.04. The van der Waals surface area contributed by atoms with Gasteiger partial charge in [0.15, 0.2) is 0 Å². The number of hydrogen-bond acceptors (Lipinski definition) is 3. The largest absolute Gasteiger partial charge is 0.496 e. The van der Waals surface area contributed by atoms with Gasteiger partial charge in [-0.15, -0.1) is 0 Å². The molecule has 0 bridgehead atoms. The number of rotatable bonds is 4. The number of nitrogens with one attached hydrogen (secondary N) is 1. The number of benzene rings is 2. The third-order valence-electron chi connectivity index (χ3n) is 3.22. The molecule has 20 heavy (non-hydrogen) atoms. The van der Waals surface area contributed by atoms with Crippen LogP contribution in [0, 0.1) is 12.7 Å². The van der Waals surface area contributed by atoms with Crippen molar-refractivity contribution in [2.24, 2.45) is 5.84 Å². The maximum atomic E-state index is 13.5. The molecule has 1 unspecified atom stereocenters. The molecule has 0 saturated heterocycles. The Labute approximate surface area is 122 Å². The Morgan fingerprint density at radius 1 is 1.20 bits per heavy atom. The van der Waals surface area contributed by atoms with Crippen molar-refractivity contribution in [2.75, 3.05) is 7.11 Å². The highest BCUT2D eigenvalue weighted by Crippen LogP contribution is 2.33. The number of ether oxygens (including phenoxy) is 1. The summed E-state index contributed by atoms with van der Waals surface area (Å²) in [5.74, 6) is 5.99. The molecule has 0 amide bonds. The molecule has 0 fully saturated rings. The molecular formula is C15H16ClFN2O. The molecule has 1 atom stereocenters. The van der Waals surface area contributed by atoms with Gasteiger partial charge in [0, 0.05) is 10.6 Å². The molecule has 0 aliphatic carbocycles. The molecule has 3 N–H and O–H groups in total. The lowest BCUT2D eigenvalue weighted by Crippen LogP contribution is -2.29. The van der Waals surface area contributed by atoms with Gasteiger partial charge in [0.05, 0.1) is 13.2 Å². The fraction of sp³-hybridized carbons (Fsp3) is 0.200. The van der Waals surface area contributed by atoms with Gasteiger partial charge in [-0.25, -0.2) is 9.82 Å². The van der Waals surface area contributed by atoms with Gasteiger partial charge in [-0.1, -0.05) is 17.7 Å². The summed E-state index contributed by atoms with van der Waals surface area (Å²) in [5.41, 5.74) is 5.13. The monoisotopic (exact) mass is 294 g/mol. The predicted molar refractivity (Wildman–Crippen MR) is 78.3 cm³/mol. The van der Waals surface area contributed by atoms with E-state index in [1.54, 1.807) is 31.4 Å². The predicted octanol–water partition coefficient (Wildman–Crippen LogP) is 3.35. The van der Waals surface area contributed by atoms with Crippen molar-refractivity contribution in [3.63, 3.8) is 0 Å². The first-order valence-electron chi connectivity index (χ1n) is 6.12. The van der Waals surface area contributed by atoms with Gasteiger partial charge in [-0.05, 0) is 48.4 Å². The molecule has 0 saturated carbocycles. The van der Waals surface area contributed by atoms with Crippen LogP contribution in [0.2, 0.25) is 5.02 Å². The van der Waals surface area contributed by atoms with Crippen LogP contribution in [0.25, 0.3) is 0 Å². The summed E-state index contributed by atoms with van der Waals surface area (Å²) in [7, 11) is 1.57. The Bertz CT molecular complexity index is 619. The maximum absolute atomic E-state index is 13.5. The Morgan fingerprint density at radius 3 is 2.60 bits per heavy atom. The van der Waals surface area contributed by atoms with E-state index in [2.05, 4.69) is 5.43 Å². The topological polar surface area (TPSA) is 47.3 Å². The van der Waals surface area contributed by atoms with Gasteiger partial charge in [0.1, 0.15) is 11.6 Å². The third-order valence-corrected chi connectivity index (χ3v) is 3.46. The van der Waals surface area contributed by atoms with Gasteiger partial charge in [0.2, 0.25) is 0 Å². The summed E-state index contributed by atoms with van der Waals surface area (Å²) in [6, 6.07) is 9.44. The van der Waals surface area contributed by atoms with Crippen LogP contribution in [0.15, 0.2) is 36.4 Å². The Morgan fingerprint density at radius 2 is 1.95 bits per heavy atom. The van der Waals surface area contributed by atoms with Crippen LogP contribution >= 0.6 is 11.6 Å². The molecule has 0 aromatic heterocycles. The van der Waals surface area contributed by atoms with Crippen molar-refractivity contribution in [1.29, 1.82) is 0 Å².